The fourth-order valence-corrected chi connectivity index (χ4v) is 3.86. The molecular formula is C24H33ClN4O. The van der Waals surface area contributed by atoms with Gasteiger partial charge in [-0.25, -0.2) is 0 Å². The number of rotatable bonds is 10. The third-order valence-electron chi connectivity index (χ3n) is 5.64. The van der Waals surface area contributed by atoms with E-state index in [9.17, 15) is 0 Å². The van der Waals surface area contributed by atoms with Gasteiger partial charge in [0.05, 0.1) is 0 Å². The minimum Gasteiger partial charge on any atom is -0.483 e. The lowest BCUT2D eigenvalue weighted by molar-refractivity contribution is 0.252. The molecule has 1 fully saturated rings. The normalized spacial score (nSPS) is 15.7. The van der Waals surface area contributed by atoms with Crippen molar-refractivity contribution in [3.8, 4) is 5.75 Å². The second-order valence-corrected chi connectivity index (χ2v) is 8.34. The van der Waals surface area contributed by atoms with E-state index < -0.39 is 6.10 Å². The number of ether oxygens (including phenoxy) is 1. The predicted octanol–water partition coefficient (Wildman–Crippen LogP) is 4.58. The van der Waals surface area contributed by atoms with Crippen molar-refractivity contribution < 1.29 is 4.74 Å². The van der Waals surface area contributed by atoms with Gasteiger partial charge in [-0.05, 0) is 67.8 Å². The predicted molar refractivity (Wildman–Crippen MR) is 126 cm³/mol. The molecule has 0 saturated carbocycles. The molecule has 0 aliphatic carbocycles. The first-order valence-electron chi connectivity index (χ1n) is 10.9. The summed E-state index contributed by atoms with van der Waals surface area (Å²) in [5.41, 5.74) is 8.17. The molecule has 2 aromatic rings. The van der Waals surface area contributed by atoms with Crippen LogP contribution in [0.4, 0.5) is 5.69 Å². The number of amidine groups is 1. The lowest BCUT2D eigenvalue weighted by Gasteiger charge is -2.36. The second-order valence-electron chi connectivity index (χ2n) is 7.90. The van der Waals surface area contributed by atoms with Crippen molar-refractivity contribution in [2.24, 2.45) is 5.73 Å². The smallest absolute Gasteiger partial charge is 0.155 e. The van der Waals surface area contributed by atoms with Gasteiger partial charge in [-0.15, -0.1) is 0 Å². The third kappa shape index (κ3) is 6.64. The van der Waals surface area contributed by atoms with Crippen molar-refractivity contribution in [3.63, 3.8) is 0 Å². The molecule has 1 aliphatic heterocycles. The number of hydrogen-bond acceptors (Lipinski definition) is 4. The molecule has 1 heterocycles. The number of hydrogen-bond donors (Lipinski definition) is 2. The monoisotopic (exact) mass is 428 g/mol. The Kier molecular flexibility index (Phi) is 8.40. The van der Waals surface area contributed by atoms with E-state index in [2.05, 4.69) is 28.9 Å². The van der Waals surface area contributed by atoms with Crippen LogP contribution in [0.5, 0.6) is 5.75 Å². The molecule has 1 aliphatic rings. The van der Waals surface area contributed by atoms with E-state index in [0.29, 0.717) is 6.42 Å². The first kappa shape index (κ1) is 22.4. The molecule has 5 nitrogen and oxygen atoms in total. The summed E-state index contributed by atoms with van der Waals surface area (Å²) in [5, 5.41) is 8.61. The highest BCUT2D eigenvalue weighted by molar-refractivity contribution is 6.30. The van der Waals surface area contributed by atoms with Gasteiger partial charge in [-0.3, -0.25) is 10.3 Å². The van der Waals surface area contributed by atoms with Crippen LogP contribution in [0.25, 0.3) is 0 Å². The molecule has 0 amide bonds. The van der Waals surface area contributed by atoms with E-state index >= 15 is 0 Å². The number of nitrogens with two attached hydrogens (primary N) is 1. The molecule has 30 heavy (non-hydrogen) atoms. The topological polar surface area (TPSA) is 65.6 Å². The van der Waals surface area contributed by atoms with Crippen LogP contribution >= 0.6 is 11.6 Å². The highest BCUT2D eigenvalue weighted by atomic mass is 35.5. The van der Waals surface area contributed by atoms with Gasteiger partial charge >= 0.3 is 0 Å². The average Bonchev–Trinajstić information content (AvgIpc) is 2.77. The van der Waals surface area contributed by atoms with Crippen molar-refractivity contribution in [1.29, 1.82) is 5.41 Å². The Balaban J connectivity index is 1.51. The molecule has 0 radical (unpaired) electrons. The van der Waals surface area contributed by atoms with E-state index in [1.165, 1.54) is 25.1 Å². The molecule has 0 bridgehead atoms. The fourth-order valence-electron chi connectivity index (χ4n) is 3.74. The maximum Gasteiger partial charge on any atom is 0.155 e. The standard InChI is InChI=1S/C24H33ClN4O/c1-2-3-14-28-15-17-29(18-16-28)21-9-11-22(12-10-21)30-23(24(26)27)13-6-19-4-7-20(25)8-5-19/h4-5,7-12,23H,2-3,6,13-18H2,1H3,(H3,26,27). The minimum atomic E-state index is -0.436. The van der Waals surface area contributed by atoms with Crippen molar-refractivity contribution >= 4 is 23.1 Å². The number of anilines is 1. The Morgan fingerprint density at radius 2 is 1.73 bits per heavy atom. The zero-order valence-corrected chi connectivity index (χ0v) is 18.6. The summed E-state index contributed by atoms with van der Waals surface area (Å²) in [7, 11) is 0. The van der Waals surface area contributed by atoms with Crippen molar-refractivity contribution in [1.82, 2.24) is 4.90 Å². The summed E-state index contributed by atoms with van der Waals surface area (Å²) in [5.74, 6) is 0.799. The van der Waals surface area contributed by atoms with E-state index in [0.717, 1.165) is 48.9 Å². The number of piperazine rings is 1. The maximum absolute atomic E-state index is 7.89. The highest BCUT2D eigenvalue weighted by Gasteiger charge is 2.18. The van der Waals surface area contributed by atoms with E-state index in [1.807, 2.05) is 36.4 Å². The van der Waals surface area contributed by atoms with Crippen LogP contribution in [0.3, 0.4) is 0 Å². The van der Waals surface area contributed by atoms with E-state index in [4.69, 9.17) is 27.5 Å². The van der Waals surface area contributed by atoms with E-state index in [1.54, 1.807) is 0 Å². The molecule has 3 rings (SSSR count). The molecule has 6 heteroatoms. The summed E-state index contributed by atoms with van der Waals surface area (Å²) in [6, 6.07) is 15.9. The number of nitrogens with zero attached hydrogens (tertiary/aromatic N) is 2. The largest absolute Gasteiger partial charge is 0.483 e. The SMILES string of the molecule is CCCCN1CCN(c2ccc(OC(CCc3ccc(Cl)cc3)C(=N)N)cc2)CC1. The summed E-state index contributed by atoms with van der Waals surface area (Å²) >= 11 is 5.94. The Labute approximate surface area is 185 Å². The van der Waals surface area contributed by atoms with Crippen molar-refractivity contribution in [2.45, 2.75) is 38.7 Å². The quantitative estimate of drug-likeness (QED) is 0.429. The minimum absolute atomic E-state index is 0.0521. The van der Waals surface area contributed by atoms with Crippen molar-refractivity contribution in [2.75, 3.05) is 37.6 Å². The number of benzene rings is 2. The first-order chi connectivity index (χ1) is 14.5. The average molecular weight is 429 g/mol. The maximum atomic E-state index is 7.89. The molecule has 1 atom stereocenters. The Bertz CT molecular complexity index is 786. The molecule has 0 spiro atoms. The lowest BCUT2D eigenvalue weighted by atomic mass is 10.1. The fraction of sp³-hybridized carbons (Fsp3) is 0.458. The summed E-state index contributed by atoms with van der Waals surface area (Å²) < 4.78 is 6.02. The van der Waals surface area contributed by atoms with Gasteiger partial charge < -0.3 is 15.4 Å². The Morgan fingerprint density at radius 3 is 2.33 bits per heavy atom. The van der Waals surface area contributed by atoms with Crippen LogP contribution in [0.15, 0.2) is 48.5 Å². The van der Waals surface area contributed by atoms with Crippen molar-refractivity contribution in [3.05, 3.63) is 59.1 Å². The molecular weight excluding hydrogens is 396 g/mol. The number of nitrogens with one attached hydrogen (secondary N) is 1. The number of aryl methyl sites for hydroxylation is 1. The van der Waals surface area contributed by atoms with Gasteiger partial charge in [0.2, 0.25) is 0 Å². The van der Waals surface area contributed by atoms with Crippen LogP contribution in [-0.4, -0.2) is 49.6 Å². The summed E-state index contributed by atoms with van der Waals surface area (Å²) in [6.45, 7) is 7.81. The summed E-state index contributed by atoms with van der Waals surface area (Å²) in [4.78, 5) is 4.98. The van der Waals surface area contributed by atoms with Gasteiger partial charge in [0.15, 0.2) is 6.10 Å². The van der Waals surface area contributed by atoms with Crippen LogP contribution in [0.2, 0.25) is 5.02 Å². The van der Waals surface area contributed by atoms with Crippen LogP contribution in [-0.2, 0) is 6.42 Å². The molecule has 2 aromatic carbocycles. The Hall–Kier alpha value is -2.24. The number of halogens is 1. The van der Waals surface area contributed by atoms with E-state index in [-0.39, 0.29) is 5.84 Å². The van der Waals surface area contributed by atoms with Crippen LogP contribution in [0.1, 0.15) is 31.7 Å². The molecule has 0 aromatic heterocycles. The van der Waals surface area contributed by atoms with Gasteiger partial charge in [-0.2, -0.15) is 0 Å². The summed E-state index contributed by atoms with van der Waals surface area (Å²) in [6.07, 6.45) is 3.53. The van der Waals surface area contributed by atoms with Gasteiger partial charge in [-0.1, -0.05) is 37.1 Å². The molecule has 1 saturated heterocycles. The zero-order chi connectivity index (χ0) is 21.3. The molecule has 162 valence electrons. The zero-order valence-electron chi connectivity index (χ0n) is 17.8. The van der Waals surface area contributed by atoms with Gasteiger partial charge in [0.1, 0.15) is 11.6 Å². The van der Waals surface area contributed by atoms with Crippen LogP contribution in [0, 0.1) is 5.41 Å². The molecule has 1 unspecified atom stereocenters. The van der Waals surface area contributed by atoms with Gasteiger partial charge in [0, 0.05) is 36.9 Å². The molecule has 3 N–H and O–H groups in total. The number of unbranched alkanes of at least 4 members (excludes halogenated alkanes) is 1. The lowest BCUT2D eigenvalue weighted by Crippen LogP contribution is -2.46. The third-order valence-corrected chi connectivity index (χ3v) is 5.89. The highest BCUT2D eigenvalue weighted by Crippen LogP contribution is 2.22. The van der Waals surface area contributed by atoms with Crippen LogP contribution < -0.4 is 15.4 Å². The Morgan fingerprint density at radius 1 is 1.07 bits per heavy atom. The van der Waals surface area contributed by atoms with Gasteiger partial charge in [0.25, 0.3) is 0 Å². The second kappa shape index (κ2) is 11.2. The first-order valence-corrected chi connectivity index (χ1v) is 11.3.